The van der Waals surface area contributed by atoms with Crippen molar-refractivity contribution in [3.05, 3.63) is 44.7 Å². The minimum Gasteiger partial charge on any atom is -0.385 e. The first kappa shape index (κ1) is 23.4. The Hall–Kier alpha value is -2.23. The molecule has 0 spiro atoms. The summed E-state index contributed by atoms with van der Waals surface area (Å²) in [7, 11) is 1.63. The van der Waals surface area contributed by atoms with Crippen molar-refractivity contribution in [2.75, 3.05) is 38.3 Å². The minimum absolute atomic E-state index is 0.177. The number of nitrogens with zero attached hydrogens (tertiary/aromatic N) is 4. The molecule has 3 rings (SSSR count). The van der Waals surface area contributed by atoms with Gasteiger partial charge in [-0.2, -0.15) is 0 Å². The minimum atomic E-state index is -0.192. The second kappa shape index (κ2) is 10.4. The number of fused-ring (bicyclic) bond motifs is 1. The Balaban J connectivity index is 2.12. The predicted octanol–water partition coefficient (Wildman–Crippen LogP) is 3.48. The van der Waals surface area contributed by atoms with Gasteiger partial charge >= 0.3 is 0 Å². The Kier molecular flexibility index (Phi) is 7.85. The van der Waals surface area contributed by atoms with Gasteiger partial charge in [0.25, 0.3) is 11.5 Å². The Morgan fingerprint density at radius 3 is 2.77 bits per heavy atom. The lowest BCUT2D eigenvalue weighted by Crippen LogP contribution is -2.31. The summed E-state index contributed by atoms with van der Waals surface area (Å²) in [6, 6.07) is 3.76. The quantitative estimate of drug-likeness (QED) is 0.322. The maximum atomic E-state index is 13.5. The number of aromatic nitrogens is 2. The molecular weight excluding hydrogens is 432 g/mol. The average molecular weight is 461 g/mol. The zero-order valence-electron chi connectivity index (χ0n) is 18.4. The van der Waals surface area contributed by atoms with Crippen LogP contribution < -0.4 is 10.5 Å². The van der Waals surface area contributed by atoms with Gasteiger partial charge in [-0.15, -0.1) is 0 Å². The highest BCUT2D eigenvalue weighted by Crippen LogP contribution is 2.33. The molecule has 166 valence electrons. The van der Waals surface area contributed by atoms with Gasteiger partial charge in [0, 0.05) is 39.5 Å². The molecular formula is C22H28N4O3S2. The second-order valence-electron chi connectivity index (χ2n) is 7.30. The van der Waals surface area contributed by atoms with Crippen molar-refractivity contribution in [3.63, 3.8) is 0 Å². The Morgan fingerprint density at radius 2 is 2.10 bits per heavy atom. The van der Waals surface area contributed by atoms with E-state index >= 15 is 0 Å². The van der Waals surface area contributed by atoms with Crippen molar-refractivity contribution >= 4 is 51.7 Å². The molecule has 1 aliphatic heterocycles. The lowest BCUT2D eigenvalue weighted by atomic mass is 10.2. The van der Waals surface area contributed by atoms with E-state index in [1.54, 1.807) is 28.7 Å². The van der Waals surface area contributed by atoms with E-state index in [2.05, 4.69) is 11.8 Å². The highest BCUT2D eigenvalue weighted by molar-refractivity contribution is 8.26. The summed E-state index contributed by atoms with van der Waals surface area (Å²) in [4.78, 5) is 35.4. The molecule has 0 radical (unpaired) electrons. The smallest absolute Gasteiger partial charge is 0.267 e. The van der Waals surface area contributed by atoms with Gasteiger partial charge < -0.3 is 9.64 Å². The summed E-state index contributed by atoms with van der Waals surface area (Å²) in [6.07, 6.45) is 4.99. The molecule has 0 N–H and O–H groups in total. The molecule has 7 nitrogen and oxygen atoms in total. The van der Waals surface area contributed by atoms with Crippen LogP contribution >= 0.6 is 24.0 Å². The number of thiocarbonyl (C=S) groups is 1. The fraction of sp³-hybridized carbons (Fsp3) is 0.455. The molecule has 0 saturated carbocycles. The molecule has 1 saturated heterocycles. The fourth-order valence-electron chi connectivity index (χ4n) is 3.54. The predicted molar refractivity (Wildman–Crippen MR) is 131 cm³/mol. The molecule has 1 amide bonds. The van der Waals surface area contributed by atoms with Gasteiger partial charge in [-0.05, 0) is 44.4 Å². The number of amides is 1. The maximum Gasteiger partial charge on any atom is 0.267 e. The van der Waals surface area contributed by atoms with Crippen LogP contribution in [0.4, 0.5) is 5.82 Å². The number of hydrogen-bond acceptors (Lipinski definition) is 7. The Labute approximate surface area is 192 Å². The largest absolute Gasteiger partial charge is 0.385 e. The third-order valence-electron chi connectivity index (χ3n) is 5.12. The number of thioether (sulfide) groups is 1. The molecule has 31 heavy (non-hydrogen) atoms. The van der Waals surface area contributed by atoms with Crippen LogP contribution in [0.15, 0.2) is 28.0 Å². The van der Waals surface area contributed by atoms with Crippen LogP contribution in [0.3, 0.4) is 0 Å². The number of hydrogen-bond donors (Lipinski definition) is 0. The van der Waals surface area contributed by atoms with Crippen molar-refractivity contribution in [3.8, 4) is 0 Å². The number of methoxy groups -OCH3 is 1. The molecule has 9 heteroatoms. The van der Waals surface area contributed by atoms with Crippen molar-refractivity contribution in [1.82, 2.24) is 14.3 Å². The van der Waals surface area contributed by atoms with Crippen LogP contribution in [0.1, 0.15) is 37.8 Å². The summed E-state index contributed by atoms with van der Waals surface area (Å²) in [5, 5.41) is 0. The lowest BCUT2D eigenvalue weighted by molar-refractivity contribution is -0.122. The van der Waals surface area contributed by atoms with E-state index in [0.717, 1.165) is 18.5 Å². The highest BCUT2D eigenvalue weighted by atomic mass is 32.2. The number of carbonyl (C=O) groups excluding carboxylic acids is 1. The maximum absolute atomic E-state index is 13.5. The van der Waals surface area contributed by atoms with Crippen molar-refractivity contribution in [2.24, 2.45) is 0 Å². The molecule has 0 bridgehead atoms. The van der Waals surface area contributed by atoms with E-state index in [9.17, 15) is 9.59 Å². The number of anilines is 1. The first-order valence-electron chi connectivity index (χ1n) is 10.4. The van der Waals surface area contributed by atoms with Gasteiger partial charge in [0.2, 0.25) is 0 Å². The van der Waals surface area contributed by atoms with Crippen LogP contribution in [0.2, 0.25) is 0 Å². The highest BCUT2D eigenvalue weighted by Gasteiger charge is 2.32. The van der Waals surface area contributed by atoms with E-state index < -0.39 is 0 Å². The average Bonchev–Trinajstić information content (AvgIpc) is 3.02. The number of aryl methyl sites for hydroxylation is 1. The van der Waals surface area contributed by atoms with Crippen LogP contribution in [0.5, 0.6) is 0 Å². The normalized spacial score (nSPS) is 15.5. The molecule has 1 aliphatic rings. The number of pyridine rings is 1. The summed E-state index contributed by atoms with van der Waals surface area (Å²) in [5.41, 5.74) is 1.77. The van der Waals surface area contributed by atoms with Crippen LogP contribution in [0, 0.1) is 6.92 Å². The van der Waals surface area contributed by atoms with Crippen molar-refractivity contribution < 1.29 is 9.53 Å². The third-order valence-corrected chi connectivity index (χ3v) is 6.50. The number of rotatable bonds is 9. The van der Waals surface area contributed by atoms with Gasteiger partial charge in [0.05, 0.1) is 10.5 Å². The number of carbonyl (C=O) groups is 1. The molecule has 0 aliphatic carbocycles. The summed E-state index contributed by atoms with van der Waals surface area (Å²) in [6.45, 7) is 8.59. The van der Waals surface area contributed by atoms with Crippen molar-refractivity contribution in [2.45, 2.75) is 33.6 Å². The van der Waals surface area contributed by atoms with E-state index in [0.29, 0.717) is 52.4 Å². The van der Waals surface area contributed by atoms with Gasteiger partial charge in [-0.1, -0.05) is 37.0 Å². The van der Waals surface area contributed by atoms with Crippen LogP contribution in [0.25, 0.3) is 11.7 Å². The summed E-state index contributed by atoms with van der Waals surface area (Å²) >= 11 is 6.64. The first-order chi connectivity index (χ1) is 14.9. The van der Waals surface area contributed by atoms with Crippen LogP contribution in [-0.4, -0.2) is 57.9 Å². The monoisotopic (exact) mass is 460 g/mol. The molecule has 3 heterocycles. The Morgan fingerprint density at radius 1 is 1.32 bits per heavy atom. The van der Waals surface area contributed by atoms with Crippen LogP contribution in [-0.2, 0) is 9.53 Å². The summed E-state index contributed by atoms with van der Waals surface area (Å²) < 4.78 is 7.12. The first-order valence-corrected chi connectivity index (χ1v) is 11.7. The standard InChI is InChI=1S/C22H28N4O3S2/c1-5-10-24(6-2)19-16(20(27)25-11-7-9-15(3)18(25)23-19)14-17-21(28)26(22(30)31-17)12-8-13-29-4/h7,9,11,14H,5-6,8,10,12-13H2,1-4H3. The van der Waals surface area contributed by atoms with Gasteiger partial charge in [-0.25, -0.2) is 4.98 Å². The molecule has 2 aromatic heterocycles. The molecule has 0 unspecified atom stereocenters. The molecule has 1 fully saturated rings. The number of ether oxygens (including phenoxy) is 1. The van der Waals surface area contributed by atoms with Gasteiger partial charge in [0.1, 0.15) is 15.8 Å². The second-order valence-corrected chi connectivity index (χ2v) is 8.97. The Bertz CT molecular complexity index is 1080. The molecule has 0 aromatic carbocycles. The fourth-order valence-corrected chi connectivity index (χ4v) is 4.83. The summed E-state index contributed by atoms with van der Waals surface area (Å²) in [5.74, 6) is 0.428. The van der Waals surface area contributed by atoms with E-state index in [1.165, 1.54) is 11.8 Å². The SMILES string of the molecule is CCCN(CC)c1nc2c(C)cccn2c(=O)c1C=C1SC(=S)N(CCCOC)C1=O. The third kappa shape index (κ3) is 4.83. The van der Waals surface area contributed by atoms with E-state index in [4.69, 9.17) is 21.9 Å². The zero-order chi connectivity index (χ0) is 22.5. The van der Waals surface area contributed by atoms with E-state index in [-0.39, 0.29) is 11.5 Å². The van der Waals surface area contributed by atoms with E-state index in [1.807, 2.05) is 26.0 Å². The van der Waals surface area contributed by atoms with Crippen molar-refractivity contribution in [1.29, 1.82) is 0 Å². The van der Waals surface area contributed by atoms with Gasteiger partial charge in [0.15, 0.2) is 0 Å². The topological polar surface area (TPSA) is 67.2 Å². The van der Waals surface area contributed by atoms with Gasteiger partial charge in [-0.3, -0.25) is 18.9 Å². The molecule has 2 aromatic rings. The lowest BCUT2D eigenvalue weighted by Gasteiger charge is -2.23. The molecule has 0 atom stereocenters. The zero-order valence-corrected chi connectivity index (χ0v) is 20.0.